The summed E-state index contributed by atoms with van der Waals surface area (Å²) in [4.78, 5) is 15.8. The van der Waals surface area contributed by atoms with Gasteiger partial charge in [-0.1, -0.05) is 6.07 Å². The monoisotopic (exact) mass is 312 g/mol. The first kappa shape index (κ1) is 16.5. The van der Waals surface area contributed by atoms with Crippen molar-refractivity contribution >= 4 is 12.0 Å². The van der Waals surface area contributed by atoms with Gasteiger partial charge in [-0.2, -0.15) is 0 Å². The number of methoxy groups -OCH3 is 1. The largest absolute Gasteiger partial charge is 0.497 e. The number of carbonyl (C=O) groups excluding carboxylic acids is 1. The summed E-state index contributed by atoms with van der Waals surface area (Å²) in [5, 5.41) is 2.80. The molecule has 120 valence electrons. The topological polar surface area (TPSA) is 60.5 Å². The molecule has 23 heavy (non-hydrogen) atoms. The van der Waals surface area contributed by atoms with E-state index in [2.05, 4.69) is 10.3 Å². The summed E-state index contributed by atoms with van der Waals surface area (Å²) >= 11 is 0. The Morgan fingerprint density at radius 2 is 2.00 bits per heavy atom. The Kier molecular flexibility index (Phi) is 6.17. The maximum absolute atomic E-state index is 11.8. The fourth-order valence-corrected chi connectivity index (χ4v) is 1.88. The second-order valence-corrected chi connectivity index (χ2v) is 4.97. The van der Waals surface area contributed by atoms with Gasteiger partial charge in [0.2, 0.25) is 5.91 Å². The first-order chi connectivity index (χ1) is 11.2. The highest BCUT2D eigenvalue weighted by Gasteiger charge is 2.05. The first-order valence-corrected chi connectivity index (χ1v) is 7.34. The number of amides is 1. The molecule has 0 fully saturated rings. The van der Waals surface area contributed by atoms with E-state index in [0.717, 1.165) is 17.1 Å². The molecule has 0 radical (unpaired) electrons. The van der Waals surface area contributed by atoms with Gasteiger partial charge in [-0.25, -0.2) is 0 Å². The number of nitrogens with zero attached hydrogens (tertiary/aromatic N) is 1. The standard InChI is InChI=1S/C18H20N2O3/c1-14(23-17-8-6-16(22-2)7-9-17)12-20-18(21)10-5-15-4-3-11-19-13-15/h3-11,13-14H,12H2,1-2H3,(H,20,21)/b10-5+. The molecule has 1 atom stereocenters. The van der Waals surface area contributed by atoms with E-state index in [4.69, 9.17) is 9.47 Å². The van der Waals surface area contributed by atoms with Gasteiger partial charge in [0.1, 0.15) is 17.6 Å². The zero-order valence-electron chi connectivity index (χ0n) is 13.2. The molecular formula is C18H20N2O3. The van der Waals surface area contributed by atoms with Gasteiger partial charge in [-0.05, 0) is 48.9 Å². The average molecular weight is 312 g/mol. The molecule has 1 heterocycles. The maximum Gasteiger partial charge on any atom is 0.244 e. The molecule has 2 aromatic rings. The van der Waals surface area contributed by atoms with Crippen molar-refractivity contribution in [3.63, 3.8) is 0 Å². The molecule has 1 N–H and O–H groups in total. The van der Waals surface area contributed by atoms with Gasteiger partial charge in [0.25, 0.3) is 0 Å². The highest BCUT2D eigenvalue weighted by atomic mass is 16.5. The van der Waals surface area contributed by atoms with E-state index in [1.807, 2.05) is 43.3 Å². The van der Waals surface area contributed by atoms with Crippen LogP contribution in [0.25, 0.3) is 6.08 Å². The number of hydrogen-bond acceptors (Lipinski definition) is 4. The van der Waals surface area contributed by atoms with Crippen LogP contribution in [0.2, 0.25) is 0 Å². The van der Waals surface area contributed by atoms with E-state index in [1.165, 1.54) is 6.08 Å². The zero-order valence-corrected chi connectivity index (χ0v) is 13.2. The molecule has 2 rings (SSSR count). The fourth-order valence-electron chi connectivity index (χ4n) is 1.88. The van der Waals surface area contributed by atoms with Crippen LogP contribution in [-0.4, -0.2) is 30.6 Å². The van der Waals surface area contributed by atoms with Gasteiger partial charge in [0.05, 0.1) is 13.7 Å². The molecule has 1 aromatic heterocycles. The van der Waals surface area contributed by atoms with Crippen molar-refractivity contribution in [3.8, 4) is 11.5 Å². The van der Waals surface area contributed by atoms with Crippen molar-refractivity contribution in [2.45, 2.75) is 13.0 Å². The van der Waals surface area contributed by atoms with Crippen LogP contribution >= 0.6 is 0 Å². The molecule has 0 aliphatic heterocycles. The SMILES string of the molecule is COc1ccc(OC(C)CNC(=O)/C=C/c2cccnc2)cc1. The molecule has 1 aromatic carbocycles. The normalized spacial score (nSPS) is 11.9. The first-order valence-electron chi connectivity index (χ1n) is 7.34. The summed E-state index contributed by atoms with van der Waals surface area (Å²) < 4.78 is 10.8. The molecule has 0 aliphatic carbocycles. The van der Waals surface area contributed by atoms with Crippen LogP contribution in [-0.2, 0) is 4.79 Å². The number of pyridine rings is 1. The van der Waals surface area contributed by atoms with Gasteiger partial charge in [-0.3, -0.25) is 9.78 Å². The second-order valence-electron chi connectivity index (χ2n) is 4.97. The van der Waals surface area contributed by atoms with Gasteiger partial charge < -0.3 is 14.8 Å². The molecule has 1 amide bonds. The molecule has 0 spiro atoms. The number of carbonyl (C=O) groups is 1. The van der Waals surface area contributed by atoms with E-state index in [-0.39, 0.29) is 12.0 Å². The van der Waals surface area contributed by atoms with Crippen LogP contribution in [0.4, 0.5) is 0 Å². The van der Waals surface area contributed by atoms with Crippen LogP contribution in [0, 0.1) is 0 Å². The quantitative estimate of drug-likeness (QED) is 0.799. The third-order valence-corrected chi connectivity index (χ3v) is 3.07. The zero-order chi connectivity index (χ0) is 16.5. The number of hydrogen-bond donors (Lipinski definition) is 1. The van der Waals surface area contributed by atoms with Crippen molar-refractivity contribution in [2.24, 2.45) is 0 Å². The molecule has 0 saturated heterocycles. The van der Waals surface area contributed by atoms with Crippen LogP contribution in [0.3, 0.4) is 0 Å². The average Bonchev–Trinajstić information content (AvgIpc) is 2.60. The van der Waals surface area contributed by atoms with Gasteiger partial charge >= 0.3 is 0 Å². The lowest BCUT2D eigenvalue weighted by Crippen LogP contribution is -2.32. The summed E-state index contributed by atoms with van der Waals surface area (Å²) in [7, 11) is 1.62. The third kappa shape index (κ3) is 5.82. The van der Waals surface area contributed by atoms with E-state index in [9.17, 15) is 4.79 Å². The predicted octanol–water partition coefficient (Wildman–Crippen LogP) is 2.69. The lowest BCUT2D eigenvalue weighted by atomic mass is 10.2. The van der Waals surface area contributed by atoms with E-state index in [0.29, 0.717) is 6.54 Å². The van der Waals surface area contributed by atoms with E-state index < -0.39 is 0 Å². The lowest BCUT2D eigenvalue weighted by Gasteiger charge is -2.15. The Morgan fingerprint density at radius 1 is 1.26 bits per heavy atom. The number of rotatable bonds is 7. The van der Waals surface area contributed by atoms with Crippen LogP contribution in [0.5, 0.6) is 11.5 Å². The maximum atomic E-state index is 11.8. The highest BCUT2D eigenvalue weighted by Crippen LogP contribution is 2.17. The summed E-state index contributed by atoms with van der Waals surface area (Å²) in [6, 6.07) is 11.0. The van der Waals surface area contributed by atoms with Crippen molar-refractivity contribution in [1.82, 2.24) is 10.3 Å². The number of ether oxygens (including phenoxy) is 2. The smallest absolute Gasteiger partial charge is 0.244 e. The summed E-state index contributed by atoms with van der Waals surface area (Å²) in [5.41, 5.74) is 0.880. The lowest BCUT2D eigenvalue weighted by molar-refractivity contribution is -0.116. The van der Waals surface area contributed by atoms with Gasteiger partial charge in [-0.15, -0.1) is 0 Å². The van der Waals surface area contributed by atoms with Crippen molar-refractivity contribution in [2.75, 3.05) is 13.7 Å². The molecule has 5 heteroatoms. The number of aromatic nitrogens is 1. The second kappa shape index (κ2) is 8.58. The Morgan fingerprint density at radius 3 is 2.65 bits per heavy atom. The van der Waals surface area contributed by atoms with Gasteiger partial charge in [0.15, 0.2) is 0 Å². The predicted molar refractivity (Wildman–Crippen MR) is 89.4 cm³/mol. The summed E-state index contributed by atoms with van der Waals surface area (Å²) in [5.74, 6) is 1.34. The Balaban J connectivity index is 1.75. The van der Waals surface area contributed by atoms with Crippen LogP contribution < -0.4 is 14.8 Å². The summed E-state index contributed by atoms with van der Waals surface area (Å²) in [6.07, 6.45) is 6.45. The summed E-state index contributed by atoms with van der Waals surface area (Å²) in [6.45, 7) is 2.32. The Bertz CT molecular complexity index is 639. The van der Waals surface area contributed by atoms with Crippen molar-refractivity contribution in [3.05, 3.63) is 60.4 Å². The Hall–Kier alpha value is -2.82. The molecule has 5 nitrogen and oxygen atoms in total. The Labute approximate surface area is 136 Å². The minimum Gasteiger partial charge on any atom is -0.497 e. The van der Waals surface area contributed by atoms with Crippen LogP contribution in [0.15, 0.2) is 54.9 Å². The fraction of sp³-hybridized carbons (Fsp3) is 0.222. The van der Waals surface area contributed by atoms with Crippen LogP contribution in [0.1, 0.15) is 12.5 Å². The number of benzene rings is 1. The molecular weight excluding hydrogens is 292 g/mol. The van der Waals surface area contributed by atoms with Gasteiger partial charge in [0, 0.05) is 18.5 Å². The third-order valence-electron chi connectivity index (χ3n) is 3.07. The molecule has 0 saturated carbocycles. The van der Waals surface area contributed by atoms with Crippen molar-refractivity contribution in [1.29, 1.82) is 0 Å². The minimum absolute atomic E-state index is 0.140. The van der Waals surface area contributed by atoms with E-state index >= 15 is 0 Å². The van der Waals surface area contributed by atoms with Crippen molar-refractivity contribution < 1.29 is 14.3 Å². The number of nitrogens with one attached hydrogen (secondary N) is 1. The molecule has 1 unspecified atom stereocenters. The molecule has 0 bridgehead atoms. The minimum atomic E-state index is -0.168. The molecule has 0 aliphatic rings. The highest BCUT2D eigenvalue weighted by molar-refractivity contribution is 5.91. The van der Waals surface area contributed by atoms with E-state index in [1.54, 1.807) is 25.6 Å².